The Bertz CT molecular complexity index is 279. The Morgan fingerprint density at radius 3 is 2.36 bits per heavy atom. The van der Waals surface area contributed by atoms with Crippen LogP contribution < -0.4 is 4.74 Å². The molecule has 0 aromatic heterocycles. The van der Waals surface area contributed by atoms with Gasteiger partial charge < -0.3 is 4.74 Å². The van der Waals surface area contributed by atoms with Crippen molar-refractivity contribution in [1.29, 1.82) is 0 Å². The minimum Gasteiger partial charge on any atom is -0.497 e. The van der Waals surface area contributed by atoms with Gasteiger partial charge in [0.1, 0.15) is 5.75 Å². The van der Waals surface area contributed by atoms with E-state index >= 15 is 0 Å². The van der Waals surface area contributed by atoms with Crippen molar-refractivity contribution >= 4 is 11.6 Å². The number of methoxy groups -OCH3 is 1. The van der Waals surface area contributed by atoms with E-state index in [-0.39, 0.29) is 0 Å². The molecule has 11 heavy (non-hydrogen) atoms. The van der Waals surface area contributed by atoms with E-state index < -0.39 is 0 Å². The monoisotopic (exact) mass is 166 g/mol. The van der Waals surface area contributed by atoms with Gasteiger partial charge in [0.25, 0.3) is 0 Å². The van der Waals surface area contributed by atoms with E-state index in [0.717, 1.165) is 11.3 Å². The van der Waals surface area contributed by atoms with E-state index in [1.807, 2.05) is 24.3 Å². The van der Waals surface area contributed by atoms with Gasteiger partial charge in [-0.05, 0) is 41.8 Å². The summed E-state index contributed by atoms with van der Waals surface area (Å²) in [6, 6.07) is 7.40. The van der Waals surface area contributed by atoms with Crippen LogP contribution in [0.15, 0.2) is 24.3 Å². The highest BCUT2D eigenvalue weighted by molar-refractivity contribution is 6.30. The molecule has 1 nitrogen and oxygen atoms in total. The van der Waals surface area contributed by atoms with Crippen molar-refractivity contribution in [3.63, 3.8) is 0 Å². The molecule has 0 bridgehead atoms. The van der Waals surface area contributed by atoms with Gasteiger partial charge in [-0.15, -0.1) is 0 Å². The van der Waals surface area contributed by atoms with Crippen LogP contribution in [-0.4, -0.2) is 7.11 Å². The standard InChI is InChI=1S/C9H7ClO/c1-11-9-4-2-8(3-5-9)6-7-10/h2-5H,1H3. The second kappa shape index (κ2) is 3.90. The van der Waals surface area contributed by atoms with E-state index in [4.69, 9.17) is 16.3 Å². The Kier molecular flexibility index (Phi) is 2.83. The quantitative estimate of drug-likeness (QED) is 0.582. The van der Waals surface area contributed by atoms with Gasteiger partial charge in [0.05, 0.1) is 7.11 Å². The highest BCUT2D eigenvalue weighted by Gasteiger charge is 1.88. The van der Waals surface area contributed by atoms with Crippen molar-refractivity contribution in [2.24, 2.45) is 0 Å². The first-order valence-corrected chi connectivity index (χ1v) is 3.50. The van der Waals surface area contributed by atoms with Crippen LogP contribution in [0.3, 0.4) is 0 Å². The molecule has 0 aliphatic heterocycles. The summed E-state index contributed by atoms with van der Waals surface area (Å²) < 4.78 is 4.97. The summed E-state index contributed by atoms with van der Waals surface area (Å²) in [6.07, 6.45) is 0. The van der Waals surface area contributed by atoms with Crippen molar-refractivity contribution in [3.05, 3.63) is 29.8 Å². The fourth-order valence-electron chi connectivity index (χ4n) is 0.729. The van der Waals surface area contributed by atoms with Crippen molar-refractivity contribution in [2.45, 2.75) is 0 Å². The second-order valence-electron chi connectivity index (χ2n) is 1.95. The third kappa shape index (κ3) is 2.18. The van der Waals surface area contributed by atoms with Crippen molar-refractivity contribution in [3.8, 4) is 17.0 Å². The Balaban J connectivity index is 2.88. The topological polar surface area (TPSA) is 9.23 Å². The largest absolute Gasteiger partial charge is 0.497 e. The first kappa shape index (κ1) is 7.97. The molecule has 0 unspecified atom stereocenters. The van der Waals surface area contributed by atoms with Gasteiger partial charge in [0.2, 0.25) is 0 Å². The minimum atomic E-state index is 0.824. The smallest absolute Gasteiger partial charge is 0.118 e. The molecule has 0 aliphatic carbocycles. The van der Waals surface area contributed by atoms with Crippen LogP contribution in [0, 0.1) is 11.3 Å². The lowest BCUT2D eigenvalue weighted by molar-refractivity contribution is 0.415. The van der Waals surface area contributed by atoms with Crippen LogP contribution in [0.5, 0.6) is 5.75 Å². The van der Waals surface area contributed by atoms with Crippen LogP contribution >= 0.6 is 11.6 Å². The van der Waals surface area contributed by atoms with Crippen LogP contribution in [-0.2, 0) is 0 Å². The third-order valence-corrected chi connectivity index (χ3v) is 1.38. The molecule has 0 fully saturated rings. The number of benzene rings is 1. The van der Waals surface area contributed by atoms with Gasteiger partial charge in [-0.3, -0.25) is 0 Å². The summed E-state index contributed by atoms with van der Waals surface area (Å²) in [5.74, 6) is 3.54. The molecule has 0 heterocycles. The van der Waals surface area contributed by atoms with Gasteiger partial charge in [-0.25, -0.2) is 0 Å². The van der Waals surface area contributed by atoms with Crippen LogP contribution in [0.4, 0.5) is 0 Å². The lowest BCUT2D eigenvalue weighted by atomic mass is 10.2. The average molecular weight is 167 g/mol. The number of rotatable bonds is 1. The van der Waals surface area contributed by atoms with Gasteiger partial charge in [0.15, 0.2) is 0 Å². The van der Waals surface area contributed by atoms with E-state index in [0.29, 0.717) is 0 Å². The SMILES string of the molecule is COc1ccc(C#CCl)cc1. The summed E-state index contributed by atoms with van der Waals surface area (Å²) in [4.78, 5) is 0. The highest BCUT2D eigenvalue weighted by Crippen LogP contribution is 2.09. The molecular formula is C9H7ClO. The van der Waals surface area contributed by atoms with Crippen LogP contribution in [0.2, 0.25) is 0 Å². The molecule has 0 aliphatic rings. The van der Waals surface area contributed by atoms with Crippen molar-refractivity contribution in [1.82, 2.24) is 0 Å². The van der Waals surface area contributed by atoms with Gasteiger partial charge in [-0.2, -0.15) is 0 Å². The average Bonchev–Trinajstić information content (AvgIpc) is 2.07. The highest BCUT2D eigenvalue weighted by atomic mass is 35.5. The number of halogens is 1. The predicted octanol–water partition coefficient (Wildman–Crippen LogP) is 2.24. The summed E-state index contributed by atoms with van der Waals surface area (Å²) in [6.45, 7) is 0. The second-order valence-corrected chi connectivity index (χ2v) is 2.14. The van der Waals surface area contributed by atoms with Crippen LogP contribution in [0.1, 0.15) is 5.56 Å². The lowest BCUT2D eigenvalue weighted by Gasteiger charge is -1.96. The van der Waals surface area contributed by atoms with Crippen LogP contribution in [0.25, 0.3) is 0 Å². The molecule has 0 amide bonds. The summed E-state index contributed by atoms with van der Waals surface area (Å²) in [5.41, 5.74) is 0.890. The van der Waals surface area contributed by atoms with E-state index in [2.05, 4.69) is 11.3 Å². The summed E-state index contributed by atoms with van der Waals surface area (Å²) in [5, 5.41) is 2.30. The molecule has 1 aromatic carbocycles. The zero-order chi connectivity index (χ0) is 8.10. The maximum absolute atomic E-state index is 5.22. The molecule has 2 heteroatoms. The number of hydrogen-bond donors (Lipinski definition) is 0. The maximum atomic E-state index is 5.22. The maximum Gasteiger partial charge on any atom is 0.118 e. The fourth-order valence-corrected chi connectivity index (χ4v) is 0.838. The first-order chi connectivity index (χ1) is 5.36. The Morgan fingerprint density at radius 1 is 1.27 bits per heavy atom. The number of ether oxygens (including phenoxy) is 1. The van der Waals surface area contributed by atoms with E-state index in [1.165, 1.54) is 0 Å². The zero-order valence-corrected chi connectivity index (χ0v) is 6.85. The Hall–Kier alpha value is -1.13. The molecule has 0 saturated heterocycles. The molecule has 0 atom stereocenters. The lowest BCUT2D eigenvalue weighted by Crippen LogP contribution is -1.81. The summed E-state index contributed by atoms with van der Waals surface area (Å²) >= 11 is 5.22. The Morgan fingerprint density at radius 2 is 1.91 bits per heavy atom. The third-order valence-electron chi connectivity index (χ3n) is 1.28. The zero-order valence-electron chi connectivity index (χ0n) is 6.10. The molecule has 56 valence electrons. The molecule has 1 rings (SSSR count). The number of hydrogen-bond acceptors (Lipinski definition) is 1. The molecule has 0 spiro atoms. The molecular weight excluding hydrogens is 160 g/mol. The van der Waals surface area contributed by atoms with E-state index in [9.17, 15) is 0 Å². The minimum absolute atomic E-state index is 0.824. The van der Waals surface area contributed by atoms with Crippen molar-refractivity contribution in [2.75, 3.05) is 7.11 Å². The normalized spacial score (nSPS) is 8.18. The molecule has 0 radical (unpaired) electrons. The summed E-state index contributed by atoms with van der Waals surface area (Å²) in [7, 11) is 1.63. The van der Waals surface area contributed by atoms with E-state index in [1.54, 1.807) is 7.11 Å². The first-order valence-electron chi connectivity index (χ1n) is 3.12. The predicted molar refractivity (Wildman–Crippen MR) is 45.7 cm³/mol. The van der Waals surface area contributed by atoms with Gasteiger partial charge in [-0.1, -0.05) is 0 Å². The molecule has 1 aromatic rings. The Labute approximate surface area is 70.9 Å². The fraction of sp³-hybridized carbons (Fsp3) is 0.111. The van der Waals surface area contributed by atoms with Gasteiger partial charge >= 0.3 is 0 Å². The molecule has 0 saturated carbocycles. The van der Waals surface area contributed by atoms with Gasteiger partial charge in [0, 0.05) is 10.9 Å². The van der Waals surface area contributed by atoms with Crippen molar-refractivity contribution < 1.29 is 4.74 Å². The molecule has 0 N–H and O–H groups in total.